The van der Waals surface area contributed by atoms with Gasteiger partial charge in [0.2, 0.25) is 5.56 Å². The minimum atomic E-state index is -0.132. The summed E-state index contributed by atoms with van der Waals surface area (Å²) in [6.45, 7) is 25.5. The molecule has 12 rings (SSSR count). The zero-order valence-corrected chi connectivity index (χ0v) is 52.7. The van der Waals surface area contributed by atoms with Crippen LogP contribution in [0.1, 0.15) is 152 Å². The maximum Gasteiger partial charge on any atom is 0.257 e. The van der Waals surface area contributed by atoms with E-state index in [9.17, 15) is 24.3 Å². The van der Waals surface area contributed by atoms with Crippen LogP contribution >= 0.6 is 34.8 Å². The quantitative estimate of drug-likeness (QED) is 0.107. The lowest BCUT2D eigenvalue weighted by Crippen LogP contribution is -2.05. The first-order valence-corrected chi connectivity index (χ1v) is 29.7. The zero-order chi connectivity index (χ0) is 62.5. The molecule has 6 heterocycles. The first-order valence-electron chi connectivity index (χ1n) is 28.6. The van der Waals surface area contributed by atoms with Gasteiger partial charge in [-0.1, -0.05) is 148 Å². The van der Waals surface area contributed by atoms with Crippen LogP contribution in [0.25, 0.3) is 65.2 Å². The predicted molar refractivity (Wildman–Crippen MR) is 359 cm³/mol. The number of benzene rings is 6. The van der Waals surface area contributed by atoms with E-state index in [4.69, 9.17) is 34.8 Å². The van der Waals surface area contributed by atoms with Crippen molar-refractivity contribution in [2.75, 3.05) is 0 Å². The number of phenolic OH excluding ortho intramolecular Hbond substituents is 1. The number of aromatic amines is 4. The first kappa shape index (κ1) is 65.1. The van der Waals surface area contributed by atoms with Gasteiger partial charge < -0.3 is 25.0 Å². The Morgan fingerprint density at radius 3 is 1.52 bits per heavy atom. The Hall–Kier alpha value is -8.49. The standard InChI is InChI=1S/2C12H12ClNO.2C12H13NO.C11H11ClN2O.C11H12N2/c2*1-7(2)9-5-8-3-4-14-12(15)11(8)10(13)6-9;1-8(2)9-3-5-11-10(7-9)4-6-12(14)13-11;1-8(2)9-3-4-10-11(7-9)13-6-5-12(10)14;1-6(2)11-13-5-7-3-10(15)8(12)4-9(7)14-11;1-8(2)9-3-4-11-10(7-9)5-6-12-13-11/h2*3-7H,1-2H3,(H,14,15);2*3-8H,1-2H3,(H,13,14);3-6,15H,1-2H3;3-8H,1-2H3. The van der Waals surface area contributed by atoms with Crippen molar-refractivity contribution in [2.45, 2.75) is 119 Å². The second kappa shape index (κ2) is 29.5. The summed E-state index contributed by atoms with van der Waals surface area (Å²) in [5.74, 6) is 3.51. The molecule has 13 nitrogen and oxygen atoms in total. The Morgan fingerprint density at radius 1 is 0.430 bits per heavy atom. The number of fused-ring (bicyclic) bond motifs is 6. The number of hydrogen-bond donors (Lipinski definition) is 5. The molecule has 0 atom stereocenters. The lowest BCUT2D eigenvalue weighted by Gasteiger charge is -2.08. The minimum Gasteiger partial charge on any atom is -0.506 e. The number of H-pyrrole nitrogens is 4. The van der Waals surface area contributed by atoms with Gasteiger partial charge >= 0.3 is 0 Å². The number of hydrogen-bond acceptors (Lipinski definition) is 9. The summed E-state index contributed by atoms with van der Waals surface area (Å²) >= 11 is 18.0. The molecule has 0 bridgehead atoms. The van der Waals surface area contributed by atoms with E-state index in [0.29, 0.717) is 55.4 Å². The molecule has 0 aliphatic rings. The van der Waals surface area contributed by atoms with Crippen LogP contribution in [-0.2, 0) is 0 Å². The molecule has 0 fully saturated rings. The fourth-order valence-electron chi connectivity index (χ4n) is 9.05. The lowest BCUT2D eigenvalue weighted by atomic mass is 10.0. The fourth-order valence-corrected chi connectivity index (χ4v) is 9.85. The smallest absolute Gasteiger partial charge is 0.257 e. The molecule has 5 N–H and O–H groups in total. The number of pyridine rings is 4. The van der Waals surface area contributed by atoms with Gasteiger partial charge in [-0.3, -0.25) is 19.2 Å². The van der Waals surface area contributed by atoms with Crippen LogP contribution < -0.4 is 22.1 Å². The maximum atomic E-state index is 11.5. The SMILES string of the molecule is CC(C)c1cc(Cl)c2c(=O)[nH]ccc2c1.CC(C)c1cc(Cl)c2c(=O)[nH]ccc2c1.CC(C)c1ccc2[nH]c(=O)ccc2c1.CC(C)c1ccc2c(=O)cc[nH]c2c1.CC(C)c1ccc2nnccc2c1.CC(C)c1ncc2cc(O)c(Cl)cc2n1. The van der Waals surface area contributed by atoms with E-state index in [0.717, 1.165) is 65.9 Å². The van der Waals surface area contributed by atoms with E-state index in [1.54, 1.807) is 55.2 Å². The van der Waals surface area contributed by atoms with Crippen LogP contribution in [0, 0.1) is 0 Å². The number of rotatable bonds is 6. The van der Waals surface area contributed by atoms with Crippen LogP contribution in [0.4, 0.5) is 0 Å². The van der Waals surface area contributed by atoms with E-state index < -0.39 is 0 Å². The van der Waals surface area contributed by atoms with Gasteiger partial charge in [0.15, 0.2) is 5.43 Å². The Morgan fingerprint density at radius 2 is 0.953 bits per heavy atom. The summed E-state index contributed by atoms with van der Waals surface area (Å²) in [7, 11) is 0. The largest absolute Gasteiger partial charge is 0.506 e. The number of aromatic hydroxyl groups is 1. The van der Waals surface area contributed by atoms with Crippen LogP contribution in [-0.4, -0.2) is 45.2 Å². The van der Waals surface area contributed by atoms with Crippen molar-refractivity contribution < 1.29 is 5.11 Å². The molecule has 6 aromatic heterocycles. The Bertz CT molecular complexity index is 4470. The Labute approximate surface area is 514 Å². The van der Waals surface area contributed by atoms with Gasteiger partial charge in [-0.25, -0.2) is 9.97 Å². The molecular formula is C70H73Cl3N8O5. The molecule has 86 heavy (non-hydrogen) atoms. The average molecular weight is 1210 g/mol. The van der Waals surface area contributed by atoms with Gasteiger partial charge in [-0.15, -0.1) is 0 Å². The molecule has 0 aliphatic carbocycles. The van der Waals surface area contributed by atoms with Crippen molar-refractivity contribution in [3.8, 4) is 5.75 Å². The number of halogens is 3. The van der Waals surface area contributed by atoms with Crippen LogP contribution in [0.2, 0.25) is 15.1 Å². The molecule has 0 unspecified atom stereocenters. The summed E-state index contributed by atoms with van der Waals surface area (Å²) in [6, 6.07) is 40.1. The third-order valence-electron chi connectivity index (χ3n) is 14.3. The number of phenols is 1. The Kier molecular flexibility index (Phi) is 22.4. The third kappa shape index (κ3) is 16.9. The van der Waals surface area contributed by atoms with E-state index in [-0.39, 0.29) is 33.8 Å². The topological polar surface area (TPSA) is 203 Å². The number of nitrogens with zero attached hydrogens (tertiary/aromatic N) is 4. The molecular weight excluding hydrogens is 1140 g/mol. The maximum absolute atomic E-state index is 11.5. The molecule has 0 saturated carbocycles. The minimum absolute atomic E-state index is 0.0465. The van der Waals surface area contributed by atoms with Gasteiger partial charge in [0.1, 0.15) is 11.6 Å². The van der Waals surface area contributed by atoms with E-state index >= 15 is 0 Å². The average Bonchev–Trinajstić information content (AvgIpc) is 2.56. The summed E-state index contributed by atoms with van der Waals surface area (Å²) < 4.78 is 0. The third-order valence-corrected chi connectivity index (χ3v) is 15.2. The van der Waals surface area contributed by atoms with Crippen molar-refractivity contribution in [2.24, 2.45) is 0 Å². The van der Waals surface area contributed by atoms with Crippen molar-refractivity contribution in [3.05, 3.63) is 248 Å². The van der Waals surface area contributed by atoms with Crippen molar-refractivity contribution in [1.29, 1.82) is 0 Å². The Balaban J connectivity index is 0.000000148. The van der Waals surface area contributed by atoms with Crippen molar-refractivity contribution in [3.63, 3.8) is 0 Å². The summed E-state index contributed by atoms with van der Waals surface area (Å²) in [4.78, 5) is 65.3. The predicted octanol–water partition coefficient (Wildman–Crippen LogP) is 17.8. The highest BCUT2D eigenvalue weighted by molar-refractivity contribution is 6.36. The monoisotopic (exact) mass is 1210 g/mol. The second-order valence-electron chi connectivity index (χ2n) is 22.7. The van der Waals surface area contributed by atoms with E-state index in [1.807, 2.05) is 92.7 Å². The normalized spacial score (nSPS) is 11.1. The molecule has 16 heteroatoms. The first-order chi connectivity index (χ1) is 40.9. The van der Waals surface area contributed by atoms with Gasteiger partial charge in [-0.05, 0) is 158 Å². The number of aromatic nitrogens is 8. The second-order valence-corrected chi connectivity index (χ2v) is 24.0. The highest BCUT2D eigenvalue weighted by Crippen LogP contribution is 2.30. The molecule has 0 saturated heterocycles. The highest BCUT2D eigenvalue weighted by Gasteiger charge is 2.11. The van der Waals surface area contributed by atoms with Gasteiger partial charge in [-0.2, -0.15) is 10.2 Å². The van der Waals surface area contributed by atoms with Gasteiger partial charge in [0, 0.05) is 70.0 Å². The summed E-state index contributed by atoms with van der Waals surface area (Å²) in [5.41, 5.74) is 9.51. The van der Waals surface area contributed by atoms with Gasteiger partial charge in [0.25, 0.3) is 11.1 Å². The van der Waals surface area contributed by atoms with Crippen LogP contribution in [0.3, 0.4) is 0 Å². The molecule has 0 radical (unpaired) electrons. The van der Waals surface area contributed by atoms with Crippen molar-refractivity contribution >= 4 is 100.0 Å². The summed E-state index contributed by atoms with van der Waals surface area (Å²) in [5, 5.41) is 25.4. The fraction of sp³-hybridized carbons (Fsp3) is 0.257. The van der Waals surface area contributed by atoms with Crippen LogP contribution in [0.15, 0.2) is 178 Å². The molecule has 0 aliphatic heterocycles. The lowest BCUT2D eigenvalue weighted by molar-refractivity contribution is 0.476. The van der Waals surface area contributed by atoms with E-state index in [1.165, 1.54) is 22.1 Å². The van der Waals surface area contributed by atoms with Crippen LogP contribution in [0.5, 0.6) is 5.75 Å². The number of nitrogens with one attached hydrogen (secondary N) is 4. The molecule has 0 amide bonds. The molecule has 12 aromatic rings. The highest BCUT2D eigenvalue weighted by atomic mass is 35.5. The van der Waals surface area contributed by atoms with E-state index in [2.05, 4.69) is 134 Å². The van der Waals surface area contributed by atoms with Gasteiger partial charge in [0.05, 0.1) is 43.1 Å². The molecule has 6 aromatic carbocycles. The zero-order valence-electron chi connectivity index (χ0n) is 50.5. The van der Waals surface area contributed by atoms with Crippen molar-refractivity contribution in [1.82, 2.24) is 40.1 Å². The summed E-state index contributed by atoms with van der Waals surface area (Å²) in [6.07, 6.45) is 8.41. The molecule has 0 spiro atoms. The molecule has 444 valence electrons.